The fourth-order valence-electron chi connectivity index (χ4n) is 3.09. The van der Waals surface area contributed by atoms with Gasteiger partial charge in [-0.15, -0.1) is 0 Å². The van der Waals surface area contributed by atoms with Crippen LogP contribution in [0.4, 0.5) is 17.1 Å². The van der Waals surface area contributed by atoms with Crippen LogP contribution >= 0.6 is 0 Å². The molecule has 164 valence electrons. The number of para-hydroxylation sites is 1. The van der Waals surface area contributed by atoms with Gasteiger partial charge in [-0.25, -0.2) is 0 Å². The number of nitro benzene ring substituents is 1. The van der Waals surface area contributed by atoms with Crippen LogP contribution < -0.4 is 16.0 Å². The molecule has 0 fully saturated rings. The minimum atomic E-state index is -0.538. The Morgan fingerprint density at radius 2 is 1.59 bits per heavy atom. The Kier molecular flexibility index (Phi) is 7.17. The van der Waals surface area contributed by atoms with Crippen LogP contribution in [0.25, 0.3) is 0 Å². The number of hydrogen-bond donors (Lipinski definition) is 3. The Bertz CT molecular complexity index is 1140. The summed E-state index contributed by atoms with van der Waals surface area (Å²) in [5, 5.41) is 19.6. The lowest BCUT2D eigenvalue weighted by Gasteiger charge is -2.13. The summed E-state index contributed by atoms with van der Waals surface area (Å²) < 4.78 is 0. The molecule has 0 aliphatic rings. The van der Waals surface area contributed by atoms with E-state index in [1.54, 1.807) is 37.3 Å². The molecule has 0 heterocycles. The van der Waals surface area contributed by atoms with Crippen molar-refractivity contribution in [3.63, 3.8) is 0 Å². The summed E-state index contributed by atoms with van der Waals surface area (Å²) in [6, 6.07) is 19.3. The SMILES string of the molecule is Cc1ccc(CNC(=O)c2ccccc2NCC(=O)Nc2ccc(C)cc2[N+](=O)[O-])cc1. The number of nitrogens with zero attached hydrogens (tertiary/aromatic N) is 1. The van der Waals surface area contributed by atoms with E-state index in [9.17, 15) is 19.7 Å². The van der Waals surface area contributed by atoms with Gasteiger partial charge in [0.25, 0.3) is 11.6 Å². The van der Waals surface area contributed by atoms with E-state index in [1.807, 2.05) is 31.2 Å². The van der Waals surface area contributed by atoms with Crippen molar-refractivity contribution in [1.29, 1.82) is 0 Å². The maximum absolute atomic E-state index is 12.7. The van der Waals surface area contributed by atoms with Gasteiger partial charge in [0.15, 0.2) is 0 Å². The molecule has 0 atom stereocenters. The first-order valence-electron chi connectivity index (χ1n) is 10.0. The van der Waals surface area contributed by atoms with E-state index in [0.29, 0.717) is 17.8 Å². The lowest BCUT2D eigenvalue weighted by Crippen LogP contribution is -2.26. The Morgan fingerprint density at radius 3 is 2.31 bits per heavy atom. The second kappa shape index (κ2) is 10.2. The van der Waals surface area contributed by atoms with Crippen molar-refractivity contribution in [2.24, 2.45) is 0 Å². The Morgan fingerprint density at radius 1 is 0.906 bits per heavy atom. The van der Waals surface area contributed by atoms with Crippen LogP contribution in [-0.2, 0) is 11.3 Å². The number of amides is 2. The van der Waals surface area contributed by atoms with Crippen LogP contribution in [0.1, 0.15) is 27.0 Å². The predicted octanol–water partition coefficient (Wildman–Crippen LogP) is 4.19. The number of benzene rings is 3. The van der Waals surface area contributed by atoms with E-state index in [-0.39, 0.29) is 23.8 Å². The second-order valence-electron chi connectivity index (χ2n) is 7.39. The molecule has 3 aromatic carbocycles. The molecule has 0 aliphatic heterocycles. The van der Waals surface area contributed by atoms with Gasteiger partial charge in [0.05, 0.1) is 17.0 Å². The lowest BCUT2D eigenvalue weighted by molar-refractivity contribution is -0.384. The molecule has 0 spiro atoms. The highest BCUT2D eigenvalue weighted by atomic mass is 16.6. The van der Waals surface area contributed by atoms with E-state index in [1.165, 1.54) is 12.1 Å². The highest BCUT2D eigenvalue weighted by molar-refractivity contribution is 6.01. The quantitative estimate of drug-likeness (QED) is 0.365. The summed E-state index contributed by atoms with van der Waals surface area (Å²) in [7, 11) is 0. The number of nitrogens with one attached hydrogen (secondary N) is 3. The van der Waals surface area contributed by atoms with Gasteiger partial charge >= 0.3 is 0 Å². The summed E-state index contributed by atoms with van der Waals surface area (Å²) >= 11 is 0. The Balaban J connectivity index is 1.62. The number of hydrogen-bond acceptors (Lipinski definition) is 5. The van der Waals surface area contributed by atoms with Gasteiger partial charge < -0.3 is 16.0 Å². The number of nitro groups is 1. The van der Waals surface area contributed by atoms with Crippen LogP contribution in [-0.4, -0.2) is 23.3 Å². The van der Waals surface area contributed by atoms with Gasteiger partial charge in [0.2, 0.25) is 5.91 Å². The van der Waals surface area contributed by atoms with Gasteiger partial charge in [-0.3, -0.25) is 19.7 Å². The highest BCUT2D eigenvalue weighted by Gasteiger charge is 2.17. The van der Waals surface area contributed by atoms with Crippen molar-refractivity contribution in [2.75, 3.05) is 17.2 Å². The maximum atomic E-state index is 12.7. The first-order valence-corrected chi connectivity index (χ1v) is 10.0. The van der Waals surface area contributed by atoms with Gasteiger partial charge in [-0.1, -0.05) is 48.0 Å². The molecular formula is C24H24N4O4. The third-order valence-electron chi connectivity index (χ3n) is 4.81. The molecule has 2 amide bonds. The normalized spacial score (nSPS) is 10.3. The van der Waals surface area contributed by atoms with Crippen molar-refractivity contribution in [2.45, 2.75) is 20.4 Å². The third-order valence-corrected chi connectivity index (χ3v) is 4.81. The fourth-order valence-corrected chi connectivity index (χ4v) is 3.09. The molecule has 3 aromatic rings. The zero-order valence-corrected chi connectivity index (χ0v) is 17.8. The smallest absolute Gasteiger partial charge is 0.293 e. The number of rotatable bonds is 8. The molecular weight excluding hydrogens is 408 g/mol. The van der Waals surface area contributed by atoms with Gasteiger partial charge in [-0.2, -0.15) is 0 Å². The predicted molar refractivity (Wildman–Crippen MR) is 124 cm³/mol. The maximum Gasteiger partial charge on any atom is 0.293 e. The summed E-state index contributed by atoms with van der Waals surface area (Å²) in [6.45, 7) is 3.96. The minimum absolute atomic E-state index is 0.122. The molecule has 0 aromatic heterocycles. The van der Waals surface area contributed by atoms with Crippen molar-refractivity contribution >= 4 is 28.9 Å². The minimum Gasteiger partial charge on any atom is -0.376 e. The summed E-state index contributed by atoms with van der Waals surface area (Å²) in [5.74, 6) is -0.741. The highest BCUT2D eigenvalue weighted by Crippen LogP contribution is 2.25. The van der Waals surface area contributed by atoms with Crippen molar-refractivity contribution < 1.29 is 14.5 Å². The third kappa shape index (κ3) is 5.91. The van der Waals surface area contributed by atoms with Crippen LogP contribution in [0.2, 0.25) is 0 Å². The van der Waals surface area contributed by atoms with Crippen LogP contribution in [0, 0.1) is 24.0 Å². The van der Waals surface area contributed by atoms with E-state index < -0.39 is 10.8 Å². The van der Waals surface area contributed by atoms with E-state index in [4.69, 9.17) is 0 Å². The van der Waals surface area contributed by atoms with Crippen LogP contribution in [0.5, 0.6) is 0 Å². The number of anilines is 2. The Hall–Kier alpha value is -4.20. The molecule has 0 unspecified atom stereocenters. The zero-order valence-electron chi connectivity index (χ0n) is 17.8. The molecule has 3 N–H and O–H groups in total. The fraction of sp³-hybridized carbons (Fsp3) is 0.167. The monoisotopic (exact) mass is 432 g/mol. The van der Waals surface area contributed by atoms with Gasteiger partial charge in [-0.05, 0) is 43.2 Å². The molecule has 8 heteroatoms. The molecule has 0 radical (unpaired) electrons. The van der Waals surface area contributed by atoms with Crippen LogP contribution in [0.3, 0.4) is 0 Å². The van der Waals surface area contributed by atoms with Gasteiger partial charge in [0, 0.05) is 18.3 Å². The number of carbonyl (C=O) groups is 2. The van der Waals surface area contributed by atoms with E-state index in [0.717, 1.165) is 16.7 Å². The molecule has 3 rings (SSSR count). The van der Waals surface area contributed by atoms with E-state index >= 15 is 0 Å². The molecule has 0 saturated heterocycles. The molecule has 0 saturated carbocycles. The standard InChI is InChI=1S/C24H24N4O4/c1-16-7-10-18(11-8-16)14-26-24(30)19-5-3-4-6-20(19)25-15-23(29)27-21-12-9-17(2)13-22(21)28(31)32/h3-13,25H,14-15H2,1-2H3,(H,26,30)(H,27,29). The van der Waals surface area contributed by atoms with Crippen molar-refractivity contribution in [3.05, 3.63) is 99.1 Å². The Labute approximate surface area is 185 Å². The largest absolute Gasteiger partial charge is 0.376 e. The summed E-state index contributed by atoms with van der Waals surface area (Å²) in [6.07, 6.45) is 0. The lowest BCUT2D eigenvalue weighted by atomic mass is 10.1. The molecule has 0 aliphatic carbocycles. The average Bonchev–Trinajstić information content (AvgIpc) is 2.78. The second-order valence-corrected chi connectivity index (χ2v) is 7.39. The summed E-state index contributed by atoms with van der Waals surface area (Å²) in [5.41, 5.74) is 3.68. The van der Waals surface area contributed by atoms with Crippen molar-refractivity contribution in [3.8, 4) is 0 Å². The van der Waals surface area contributed by atoms with Crippen LogP contribution in [0.15, 0.2) is 66.7 Å². The first-order chi connectivity index (χ1) is 15.3. The number of carbonyl (C=O) groups excluding carboxylic acids is 2. The van der Waals surface area contributed by atoms with E-state index in [2.05, 4.69) is 16.0 Å². The first kappa shape index (κ1) is 22.5. The zero-order chi connectivity index (χ0) is 23.1. The van der Waals surface area contributed by atoms with Gasteiger partial charge in [0.1, 0.15) is 5.69 Å². The topological polar surface area (TPSA) is 113 Å². The molecule has 0 bridgehead atoms. The summed E-state index contributed by atoms with van der Waals surface area (Å²) in [4.78, 5) is 35.7. The van der Waals surface area contributed by atoms with Crippen molar-refractivity contribution in [1.82, 2.24) is 5.32 Å². The molecule has 32 heavy (non-hydrogen) atoms. The molecule has 8 nitrogen and oxygen atoms in total. The number of aryl methyl sites for hydroxylation is 2. The average molecular weight is 432 g/mol.